The molecule has 0 saturated carbocycles. The molecule has 0 aliphatic heterocycles. The van der Waals surface area contributed by atoms with Crippen molar-refractivity contribution in [3.8, 4) is 22.8 Å². The van der Waals surface area contributed by atoms with Gasteiger partial charge in [0, 0.05) is 18.7 Å². The molecule has 0 amide bonds. The molecule has 0 spiro atoms. The van der Waals surface area contributed by atoms with Crippen LogP contribution in [0.2, 0.25) is 0 Å². The summed E-state index contributed by atoms with van der Waals surface area (Å²) < 4.78 is 25.9. The van der Waals surface area contributed by atoms with E-state index in [-0.39, 0.29) is 12.2 Å². The molecule has 0 atom stereocenters. The van der Waals surface area contributed by atoms with Crippen LogP contribution in [-0.2, 0) is 9.47 Å². The van der Waals surface area contributed by atoms with Crippen molar-refractivity contribution in [2.24, 2.45) is 0 Å². The monoisotopic (exact) mass is 558 g/mol. The predicted octanol–water partition coefficient (Wildman–Crippen LogP) is 4.35. The van der Waals surface area contributed by atoms with E-state index in [2.05, 4.69) is 19.9 Å². The first-order chi connectivity index (χ1) is 19.7. The van der Waals surface area contributed by atoms with Crippen LogP contribution in [0, 0.1) is 5.82 Å². The van der Waals surface area contributed by atoms with Gasteiger partial charge in [-0.3, -0.25) is 0 Å². The minimum absolute atomic E-state index is 0.277. The molecule has 11 heteroatoms. The number of halogens is 1. The molecule has 2 N–H and O–H groups in total. The van der Waals surface area contributed by atoms with Crippen LogP contribution in [0.15, 0.2) is 54.6 Å². The van der Waals surface area contributed by atoms with Crippen LogP contribution < -0.4 is 0 Å². The highest BCUT2D eigenvalue weighted by molar-refractivity contribution is 5.95. The summed E-state index contributed by atoms with van der Waals surface area (Å²) in [4.78, 5) is 43.9. The van der Waals surface area contributed by atoms with Crippen LogP contribution in [-0.4, -0.2) is 96.2 Å². The van der Waals surface area contributed by atoms with Gasteiger partial charge < -0.3 is 29.2 Å². The maximum Gasteiger partial charge on any atom is 0.338 e. The molecule has 5 aromatic rings. The molecule has 0 saturated heterocycles. The SMILES string of the molecule is CN(C)CCOC(=O)c1ccc2nc(-c3ccc(-c4nc5ccc(C(=O)OCCN(C)C)cc5[nH]4)c(F)c3)[nH]c2c1. The van der Waals surface area contributed by atoms with Gasteiger partial charge in [0.2, 0.25) is 0 Å². The predicted molar refractivity (Wildman–Crippen MR) is 154 cm³/mol. The zero-order chi connectivity index (χ0) is 29.1. The average Bonchev–Trinajstić information content (AvgIpc) is 3.55. The number of rotatable bonds is 10. The summed E-state index contributed by atoms with van der Waals surface area (Å²) in [6, 6.07) is 14.8. The summed E-state index contributed by atoms with van der Waals surface area (Å²) in [5.74, 6) is -0.538. The lowest BCUT2D eigenvalue weighted by molar-refractivity contribution is 0.0472. The highest BCUT2D eigenvalue weighted by atomic mass is 19.1. The van der Waals surface area contributed by atoms with Gasteiger partial charge >= 0.3 is 11.9 Å². The van der Waals surface area contributed by atoms with Gasteiger partial charge in [0.25, 0.3) is 0 Å². The molecule has 3 aromatic carbocycles. The van der Waals surface area contributed by atoms with E-state index in [4.69, 9.17) is 9.47 Å². The van der Waals surface area contributed by atoms with Crippen molar-refractivity contribution in [1.82, 2.24) is 29.7 Å². The molecule has 0 unspecified atom stereocenters. The zero-order valence-electron chi connectivity index (χ0n) is 23.3. The lowest BCUT2D eigenvalue weighted by Crippen LogP contribution is -2.20. The zero-order valence-corrected chi connectivity index (χ0v) is 23.3. The van der Waals surface area contributed by atoms with Crippen molar-refractivity contribution in [3.05, 3.63) is 71.5 Å². The summed E-state index contributed by atoms with van der Waals surface area (Å²) >= 11 is 0. The molecular weight excluding hydrogens is 527 g/mol. The van der Waals surface area contributed by atoms with E-state index < -0.39 is 17.8 Å². The van der Waals surface area contributed by atoms with E-state index >= 15 is 4.39 Å². The molecule has 0 radical (unpaired) electrons. The van der Waals surface area contributed by atoms with Gasteiger partial charge in [0.15, 0.2) is 0 Å². The first-order valence-electron chi connectivity index (χ1n) is 13.1. The molecule has 41 heavy (non-hydrogen) atoms. The van der Waals surface area contributed by atoms with E-state index in [1.807, 2.05) is 38.0 Å². The molecule has 5 rings (SSSR count). The Hall–Kier alpha value is -4.61. The van der Waals surface area contributed by atoms with Gasteiger partial charge in [-0.1, -0.05) is 6.07 Å². The van der Waals surface area contributed by atoms with E-state index in [0.717, 1.165) is 0 Å². The summed E-state index contributed by atoms with van der Waals surface area (Å²) in [7, 11) is 7.61. The van der Waals surface area contributed by atoms with E-state index in [9.17, 15) is 9.59 Å². The van der Waals surface area contributed by atoms with Crippen molar-refractivity contribution >= 4 is 34.0 Å². The number of ether oxygens (including phenoxy) is 2. The Morgan fingerprint density at radius 3 is 1.76 bits per heavy atom. The largest absolute Gasteiger partial charge is 0.461 e. The third-order valence-electron chi connectivity index (χ3n) is 6.48. The number of hydrogen-bond acceptors (Lipinski definition) is 8. The van der Waals surface area contributed by atoms with Crippen LogP contribution in [0.3, 0.4) is 0 Å². The number of benzene rings is 3. The fourth-order valence-corrected chi connectivity index (χ4v) is 4.20. The molecule has 0 bridgehead atoms. The van der Waals surface area contributed by atoms with Gasteiger partial charge in [-0.25, -0.2) is 23.9 Å². The van der Waals surface area contributed by atoms with Gasteiger partial charge in [-0.2, -0.15) is 0 Å². The Labute approximate surface area is 236 Å². The molecule has 2 aromatic heterocycles. The number of carbonyl (C=O) groups excluding carboxylic acids is 2. The molecular formula is C30H31FN6O4. The standard InChI is InChI=1S/C30H31FN6O4/c1-36(2)11-13-40-29(38)19-6-9-23-25(16-19)34-27(32-23)18-5-8-21(22(31)15-18)28-33-24-10-7-20(17-26(24)35-28)30(39)41-14-12-37(3)4/h5-10,15-17H,11-14H2,1-4H3,(H,32,34)(H,33,35). The van der Waals surface area contributed by atoms with Crippen molar-refractivity contribution in [1.29, 1.82) is 0 Å². The second-order valence-electron chi connectivity index (χ2n) is 10.2. The molecule has 0 aliphatic carbocycles. The van der Waals surface area contributed by atoms with Gasteiger partial charge in [0.05, 0.1) is 38.8 Å². The number of aromatic nitrogens is 4. The second-order valence-corrected chi connectivity index (χ2v) is 10.2. The van der Waals surface area contributed by atoms with Crippen molar-refractivity contribution in [2.45, 2.75) is 0 Å². The summed E-state index contributed by atoms with van der Waals surface area (Å²) in [5, 5.41) is 0. The number of aromatic amines is 2. The van der Waals surface area contributed by atoms with Gasteiger partial charge in [-0.15, -0.1) is 0 Å². The number of nitrogens with zero attached hydrogens (tertiary/aromatic N) is 4. The Kier molecular flexibility index (Phi) is 8.09. The van der Waals surface area contributed by atoms with Crippen LogP contribution in [0.1, 0.15) is 20.7 Å². The number of fused-ring (bicyclic) bond motifs is 2. The highest BCUT2D eigenvalue weighted by Crippen LogP contribution is 2.28. The lowest BCUT2D eigenvalue weighted by Gasteiger charge is -2.09. The maximum absolute atomic E-state index is 15.3. The van der Waals surface area contributed by atoms with Crippen LogP contribution >= 0.6 is 0 Å². The minimum Gasteiger partial charge on any atom is -0.461 e. The molecule has 0 fully saturated rings. The van der Waals surface area contributed by atoms with Crippen LogP contribution in [0.5, 0.6) is 0 Å². The molecule has 212 valence electrons. The van der Waals surface area contributed by atoms with Crippen LogP contribution in [0.4, 0.5) is 4.39 Å². The molecule has 10 nitrogen and oxygen atoms in total. The lowest BCUT2D eigenvalue weighted by atomic mass is 10.1. The third-order valence-corrected chi connectivity index (χ3v) is 6.48. The number of nitrogens with one attached hydrogen (secondary N) is 2. The number of carbonyl (C=O) groups is 2. The Balaban J connectivity index is 1.33. The smallest absolute Gasteiger partial charge is 0.338 e. The number of hydrogen-bond donors (Lipinski definition) is 2. The quantitative estimate of drug-likeness (QED) is 0.243. The normalized spacial score (nSPS) is 11.6. The number of likely N-dealkylation sites (N-methyl/N-ethyl adjacent to an activating group) is 2. The van der Waals surface area contributed by atoms with E-state index in [1.54, 1.807) is 48.5 Å². The van der Waals surface area contributed by atoms with Gasteiger partial charge in [0.1, 0.15) is 30.7 Å². The Bertz CT molecular complexity index is 1730. The minimum atomic E-state index is -0.490. The number of H-pyrrole nitrogens is 2. The van der Waals surface area contributed by atoms with E-state index in [1.165, 1.54) is 6.07 Å². The summed E-state index contributed by atoms with van der Waals surface area (Å²) in [5.41, 5.74) is 4.08. The fourth-order valence-electron chi connectivity index (χ4n) is 4.20. The van der Waals surface area contributed by atoms with Crippen molar-refractivity contribution in [3.63, 3.8) is 0 Å². The molecule has 2 heterocycles. The Morgan fingerprint density at radius 1 is 0.732 bits per heavy atom. The number of imidazole rings is 2. The fraction of sp³-hybridized carbons (Fsp3) is 0.267. The first-order valence-corrected chi connectivity index (χ1v) is 13.1. The topological polar surface area (TPSA) is 116 Å². The van der Waals surface area contributed by atoms with Crippen molar-refractivity contribution in [2.75, 3.05) is 54.5 Å². The van der Waals surface area contributed by atoms with Crippen LogP contribution in [0.25, 0.3) is 44.8 Å². The number of esters is 2. The maximum atomic E-state index is 15.3. The first kappa shape index (κ1) is 27.9. The third kappa shape index (κ3) is 6.42. The van der Waals surface area contributed by atoms with E-state index in [0.29, 0.717) is 70.1 Å². The Morgan fingerprint density at radius 2 is 1.24 bits per heavy atom. The van der Waals surface area contributed by atoms with Gasteiger partial charge in [-0.05, 0) is 76.7 Å². The second kappa shape index (κ2) is 11.9. The highest BCUT2D eigenvalue weighted by Gasteiger charge is 2.16. The summed E-state index contributed by atoms with van der Waals surface area (Å²) in [6.07, 6.45) is 0. The average molecular weight is 559 g/mol. The molecule has 0 aliphatic rings. The summed E-state index contributed by atoms with van der Waals surface area (Å²) in [6.45, 7) is 1.83. The van der Waals surface area contributed by atoms with Crippen molar-refractivity contribution < 1.29 is 23.5 Å².